The van der Waals surface area contributed by atoms with Crippen molar-refractivity contribution in [1.82, 2.24) is 9.97 Å². The van der Waals surface area contributed by atoms with Crippen LogP contribution in [0.15, 0.2) is 36.7 Å². The fraction of sp³-hybridized carbons (Fsp3) is 0.474. The van der Waals surface area contributed by atoms with Gasteiger partial charge in [-0.25, -0.2) is 9.97 Å². The van der Waals surface area contributed by atoms with Crippen LogP contribution in [0.3, 0.4) is 0 Å². The minimum atomic E-state index is -5.70. The maximum atomic E-state index is 13.9. The minimum absolute atomic E-state index is 0.00873. The van der Waals surface area contributed by atoms with Crippen LogP contribution in [-0.4, -0.2) is 52.7 Å². The van der Waals surface area contributed by atoms with E-state index in [2.05, 4.69) is 19.4 Å². The number of rotatable bonds is 11. The Kier molecular flexibility index (Phi) is 7.51. The summed E-state index contributed by atoms with van der Waals surface area (Å²) in [5, 5.41) is 9.23. The Bertz CT molecular complexity index is 801. The van der Waals surface area contributed by atoms with Gasteiger partial charge in [-0.15, -0.1) is 0 Å². The fourth-order valence-corrected chi connectivity index (χ4v) is 2.22. The van der Waals surface area contributed by atoms with Gasteiger partial charge >= 0.3 is 17.8 Å². The maximum Gasteiger partial charge on any atom is 0.377 e. The average molecular weight is 438 g/mol. The molecule has 5 nitrogen and oxygen atoms in total. The van der Waals surface area contributed by atoms with Crippen LogP contribution >= 0.6 is 0 Å². The van der Waals surface area contributed by atoms with Gasteiger partial charge in [0.25, 0.3) is 0 Å². The van der Waals surface area contributed by atoms with Crippen LogP contribution in [-0.2, 0) is 4.74 Å². The van der Waals surface area contributed by atoms with Gasteiger partial charge in [0, 0.05) is 12.2 Å². The average Bonchev–Trinajstić information content (AvgIpc) is 2.70. The Morgan fingerprint density at radius 3 is 2.03 bits per heavy atom. The number of hydrogen-bond donors (Lipinski definition) is 1. The van der Waals surface area contributed by atoms with E-state index in [1.165, 1.54) is 24.3 Å². The molecule has 2 aromatic rings. The van der Waals surface area contributed by atoms with Gasteiger partial charge in [0.1, 0.15) is 12.4 Å². The molecule has 0 radical (unpaired) electrons. The highest BCUT2D eigenvalue weighted by Crippen LogP contribution is 2.46. The molecule has 0 unspecified atom stereocenters. The first-order valence-electron chi connectivity index (χ1n) is 8.95. The Morgan fingerprint density at radius 2 is 1.47 bits per heavy atom. The molecule has 1 N–H and O–H groups in total. The van der Waals surface area contributed by atoms with Gasteiger partial charge in [0.05, 0.1) is 12.4 Å². The zero-order valence-corrected chi connectivity index (χ0v) is 15.9. The second-order valence-corrected chi connectivity index (χ2v) is 6.47. The maximum absolute atomic E-state index is 13.9. The van der Waals surface area contributed by atoms with E-state index in [4.69, 9.17) is 0 Å². The van der Waals surface area contributed by atoms with Crippen LogP contribution in [0.25, 0.3) is 11.4 Å². The molecule has 1 aromatic heterocycles. The molecule has 0 atom stereocenters. The molecular weight excluding hydrogens is 418 g/mol. The molecule has 0 aliphatic heterocycles. The molecule has 11 heteroatoms. The molecule has 0 aliphatic rings. The largest absolute Gasteiger partial charge is 0.508 e. The standard InChI is InChI=1S/C19H20F6N2O3/c1-2-3-8-29-11-17(20,21)19(24,25)18(22,23)12-30-15-9-26-16(27-10-15)13-4-6-14(28)7-5-13/h4-7,9-10,28H,2-3,8,11-12H2,1H3. The molecular formula is C19H20F6N2O3. The smallest absolute Gasteiger partial charge is 0.377 e. The predicted molar refractivity (Wildman–Crippen MR) is 95.2 cm³/mol. The molecule has 1 aromatic carbocycles. The number of nitrogens with zero attached hydrogens (tertiary/aromatic N) is 2. The highest BCUT2D eigenvalue weighted by molar-refractivity contribution is 5.55. The van der Waals surface area contributed by atoms with Crippen molar-refractivity contribution in [2.75, 3.05) is 19.8 Å². The first kappa shape index (κ1) is 23.7. The molecule has 30 heavy (non-hydrogen) atoms. The molecule has 0 aliphatic carbocycles. The molecule has 2 rings (SSSR count). The minimum Gasteiger partial charge on any atom is -0.508 e. The monoisotopic (exact) mass is 438 g/mol. The number of halogens is 6. The van der Waals surface area contributed by atoms with E-state index >= 15 is 0 Å². The highest BCUT2D eigenvalue weighted by Gasteiger charge is 2.71. The number of phenolic OH excluding ortho intramolecular Hbond substituents is 1. The van der Waals surface area contributed by atoms with Gasteiger partial charge in [0.2, 0.25) is 0 Å². The molecule has 0 spiro atoms. The summed E-state index contributed by atoms with van der Waals surface area (Å²) in [6, 6.07) is 5.73. The van der Waals surface area contributed by atoms with Crippen LogP contribution in [0.2, 0.25) is 0 Å². The van der Waals surface area contributed by atoms with Crippen molar-refractivity contribution in [3.8, 4) is 22.9 Å². The third-order valence-corrected chi connectivity index (χ3v) is 4.02. The van der Waals surface area contributed by atoms with Crippen molar-refractivity contribution < 1.29 is 40.9 Å². The van der Waals surface area contributed by atoms with Gasteiger partial charge in [-0.1, -0.05) is 13.3 Å². The fourth-order valence-electron chi connectivity index (χ4n) is 2.22. The van der Waals surface area contributed by atoms with Crippen molar-refractivity contribution in [3.63, 3.8) is 0 Å². The third kappa shape index (κ3) is 5.53. The number of alkyl halides is 6. The zero-order chi connectivity index (χ0) is 22.4. The SMILES string of the molecule is CCCCOCC(F)(F)C(F)(F)C(F)(F)COc1cnc(-c2ccc(O)cc2)nc1. The van der Waals surface area contributed by atoms with Crippen LogP contribution in [0, 0.1) is 0 Å². The van der Waals surface area contributed by atoms with Crippen molar-refractivity contribution in [2.24, 2.45) is 0 Å². The lowest BCUT2D eigenvalue weighted by Crippen LogP contribution is -2.58. The lowest BCUT2D eigenvalue weighted by atomic mass is 10.1. The van der Waals surface area contributed by atoms with Crippen LogP contribution < -0.4 is 4.74 Å². The Balaban J connectivity index is 2.01. The Labute approximate surface area is 168 Å². The quantitative estimate of drug-likeness (QED) is 0.397. The van der Waals surface area contributed by atoms with Gasteiger partial charge in [-0.2, -0.15) is 26.3 Å². The second-order valence-electron chi connectivity index (χ2n) is 6.47. The first-order chi connectivity index (χ1) is 14.0. The van der Waals surface area contributed by atoms with E-state index in [1.54, 1.807) is 6.92 Å². The van der Waals surface area contributed by atoms with E-state index in [9.17, 15) is 31.4 Å². The van der Waals surface area contributed by atoms with Crippen LogP contribution in [0.5, 0.6) is 11.5 Å². The lowest BCUT2D eigenvalue weighted by Gasteiger charge is -2.32. The zero-order valence-electron chi connectivity index (χ0n) is 15.9. The molecule has 0 saturated heterocycles. The Morgan fingerprint density at radius 1 is 0.900 bits per heavy atom. The summed E-state index contributed by atoms with van der Waals surface area (Å²) >= 11 is 0. The van der Waals surface area contributed by atoms with Crippen molar-refractivity contribution in [2.45, 2.75) is 37.5 Å². The van der Waals surface area contributed by atoms with Crippen LogP contribution in [0.4, 0.5) is 26.3 Å². The van der Waals surface area contributed by atoms with Crippen molar-refractivity contribution >= 4 is 0 Å². The van der Waals surface area contributed by atoms with E-state index in [1.807, 2.05) is 0 Å². The van der Waals surface area contributed by atoms with Crippen molar-refractivity contribution in [1.29, 1.82) is 0 Å². The summed E-state index contributed by atoms with van der Waals surface area (Å²) in [5.74, 6) is -16.2. The summed E-state index contributed by atoms with van der Waals surface area (Å²) in [6.45, 7) is -2.36. The second kappa shape index (κ2) is 9.50. The highest BCUT2D eigenvalue weighted by atomic mass is 19.3. The van der Waals surface area contributed by atoms with Gasteiger partial charge < -0.3 is 14.6 Å². The summed E-state index contributed by atoms with van der Waals surface area (Å²) in [5.41, 5.74) is 0.485. The van der Waals surface area contributed by atoms with Crippen molar-refractivity contribution in [3.05, 3.63) is 36.7 Å². The van der Waals surface area contributed by atoms with Gasteiger partial charge in [-0.3, -0.25) is 0 Å². The number of phenols is 1. The summed E-state index contributed by atoms with van der Waals surface area (Å²) in [4.78, 5) is 7.66. The van der Waals surface area contributed by atoms with E-state index < -0.39 is 36.7 Å². The molecule has 0 amide bonds. The van der Waals surface area contributed by atoms with E-state index in [0.717, 1.165) is 12.4 Å². The number of aromatic nitrogens is 2. The molecule has 166 valence electrons. The molecule has 1 heterocycles. The van der Waals surface area contributed by atoms with E-state index in [-0.39, 0.29) is 18.2 Å². The number of benzene rings is 1. The van der Waals surface area contributed by atoms with Gasteiger partial charge in [0.15, 0.2) is 18.2 Å². The van der Waals surface area contributed by atoms with Crippen LogP contribution in [0.1, 0.15) is 19.8 Å². The van der Waals surface area contributed by atoms with Gasteiger partial charge in [-0.05, 0) is 30.7 Å². The topological polar surface area (TPSA) is 64.5 Å². The summed E-state index contributed by atoms with van der Waals surface area (Å²) in [6.07, 6.45) is 2.78. The molecule has 0 bridgehead atoms. The number of ether oxygens (including phenoxy) is 2. The first-order valence-corrected chi connectivity index (χ1v) is 8.95. The summed E-state index contributed by atoms with van der Waals surface area (Å²) in [7, 11) is 0. The lowest BCUT2D eigenvalue weighted by molar-refractivity contribution is -0.324. The normalized spacial score (nSPS) is 12.8. The number of aromatic hydroxyl groups is 1. The predicted octanol–water partition coefficient (Wildman–Crippen LogP) is 4.95. The Hall–Kier alpha value is -2.56. The third-order valence-electron chi connectivity index (χ3n) is 4.02. The number of hydrogen-bond acceptors (Lipinski definition) is 5. The summed E-state index contributed by atoms with van der Waals surface area (Å²) < 4.78 is 91.6. The number of unbranched alkanes of at least 4 members (excludes halogenated alkanes) is 1. The van der Waals surface area contributed by atoms with E-state index in [0.29, 0.717) is 18.4 Å². The molecule has 0 saturated carbocycles. The molecule has 0 fully saturated rings.